The molecule has 22 heavy (non-hydrogen) atoms. The van der Waals surface area contributed by atoms with Crippen LogP contribution in [-0.4, -0.2) is 33.6 Å². The monoisotopic (exact) mass is 300 g/mol. The van der Waals surface area contributed by atoms with Gasteiger partial charge in [0, 0.05) is 18.1 Å². The molecule has 7 heteroatoms. The smallest absolute Gasteiger partial charge is 0.275 e. The van der Waals surface area contributed by atoms with Gasteiger partial charge in [-0.2, -0.15) is 10.1 Å². The molecular formula is C15H13FN4O2. The van der Waals surface area contributed by atoms with Crippen LogP contribution in [0.1, 0.15) is 18.2 Å². The van der Waals surface area contributed by atoms with Gasteiger partial charge in [0.05, 0.1) is 12.3 Å². The predicted octanol–water partition coefficient (Wildman–Crippen LogP) is 2.77. The summed E-state index contributed by atoms with van der Waals surface area (Å²) in [6, 6.07) is 8.16. The minimum absolute atomic E-state index is 0.173. The minimum Gasteiger partial charge on any atom is -0.381 e. The van der Waals surface area contributed by atoms with E-state index in [4.69, 9.17) is 9.26 Å². The highest BCUT2D eigenvalue weighted by Crippen LogP contribution is 2.27. The minimum atomic E-state index is -0.324. The van der Waals surface area contributed by atoms with E-state index in [9.17, 15) is 4.39 Å². The number of hydrogen-bond donors (Lipinski definition) is 1. The number of H-pyrrole nitrogens is 1. The van der Waals surface area contributed by atoms with Crippen molar-refractivity contribution in [1.29, 1.82) is 0 Å². The van der Waals surface area contributed by atoms with Crippen LogP contribution in [0.25, 0.3) is 22.8 Å². The third-order valence-corrected chi connectivity index (χ3v) is 3.69. The topological polar surface area (TPSA) is 76.8 Å². The molecule has 0 aliphatic carbocycles. The van der Waals surface area contributed by atoms with E-state index < -0.39 is 0 Å². The van der Waals surface area contributed by atoms with Gasteiger partial charge >= 0.3 is 0 Å². The van der Waals surface area contributed by atoms with E-state index in [1.165, 1.54) is 6.07 Å². The van der Waals surface area contributed by atoms with Crippen LogP contribution in [0, 0.1) is 5.82 Å². The van der Waals surface area contributed by atoms with Crippen molar-refractivity contribution < 1.29 is 13.7 Å². The molecule has 1 fully saturated rings. The largest absolute Gasteiger partial charge is 0.381 e. The van der Waals surface area contributed by atoms with Gasteiger partial charge in [0.25, 0.3) is 5.89 Å². The van der Waals surface area contributed by atoms with Crippen molar-refractivity contribution in [3.8, 4) is 22.8 Å². The molecule has 0 radical (unpaired) electrons. The van der Waals surface area contributed by atoms with Crippen LogP contribution >= 0.6 is 0 Å². The Labute approximate surface area is 125 Å². The first-order valence-corrected chi connectivity index (χ1v) is 7.03. The van der Waals surface area contributed by atoms with Gasteiger partial charge in [0.2, 0.25) is 0 Å². The van der Waals surface area contributed by atoms with Gasteiger partial charge in [-0.1, -0.05) is 17.3 Å². The number of aromatic nitrogens is 4. The maximum atomic E-state index is 13.8. The normalized spacial score (nSPS) is 18.0. The van der Waals surface area contributed by atoms with E-state index in [2.05, 4.69) is 20.3 Å². The van der Waals surface area contributed by atoms with Crippen LogP contribution in [0.15, 0.2) is 34.9 Å². The average Bonchev–Trinajstić information content (AvgIpc) is 3.27. The Morgan fingerprint density at radius 2 is 2.18 bits per heavy atom. The van der Waals surface area contributed by atoms with E-state index in [1.54, 1.807) is 24.3 Å². The second kappa shape index (κ2) is 5.34. The Balaban J connectivity index is 1.63. The number of rotatable bonds is 3. The summed E-state index contributed by atoms with van der Waals surface area (Å²) < 4.78 is 24.4. The first kappa shape index (κ1) is 13.1. The maximum absolute atomic E-state index is 13.8. The first-order chi connectivity index (χ1) is 10.8. The molecule has 3 heterocycles. The Hall–Kier alpha value is -2.54. The molecule has 1 atom stereocenters. The van der Waals surface area contributed by atoms with Crippen LogP contribution in [0.2, 0.25) is 0 Å². The zero-order valence-corrected chi connectivity index (χ0v) is 11.6. The Kier molecular flexibility index (Phi) is 3.19. The summed E-state index contributed by atoms with van der Waals surface area (Å²) in [5, 5.41) is 10.9. The van der Waals surface area contributed by atoms with Crippen LogP contribution in [0.4, 0.5) is 4.39 Å². The van der Waals surface area contributed by atoms with Crippen molar-refractivity contribution in [1.82, 2.24) is 20.3 Å². The van der Waals surface area contributed by atoms with E-state index in [1.807, 2.05) is 0 Å². The highest BCUT2D eigenvalue weighted by atomic mass is 19.1. The fourth-order valence-electron chi connectivity index (χ4n) is 2.49. The summed E-state index contributed by atoms with van der Waals surface area (Å²) in [7, 11) is 0. The standard InChI is InChI=1S/C15H13FN4O2/c16-11-4-2-1-3-10(11)12-7-13(19-18-12)15-17-14(20-22-15)9-5-6-21-8-9/h1-4,7,9H,5-6,8H2,(H,18,19)/t9-/m0/s1. The predicted molar refractivity (Wildman–Crippen MR) is 75.5 cm³/mol. The van der Waals surface area contributed by atoms with Gasteiger partial charge in [-0.05, 0) is 24.6 Å². The van der Waals surface area contributed by atoms with Gasteiger partial charge in [0.15, 0.2) is 5.82 Å². The van der Waals surface area contributed by atoms with Crippen molar-refractivity contribution in [2.24, 2.45) is 0 Å². The molecule has 1 aromatic carbocycles. The third-order valence-electron chi connectivity index (χ3n) is 3.69. The number of hydrogen-bond acceptors (Lipinski definition) is 5. The summed E-state index contributed by atoms with van der Waals surface area (Å²) in [5.74, 6) is 0.827. The molecular weight excluding hydrogens is 287 g/mol. The lowest BCUT2D eigenvalue weighted by Gasteiger charge is -1.97. The summed E-state index contributed by atoms with van der Waals surface area (Å²) in [5.41, 5.74) is 1.49. The average molecular weight is 300 g/mol. The summed E-state index contributed by atoms with van der Waals surface area (Å²) >= 11 is 0. The van der Waals surface area contributed by atoms with Crippen molar-refractivity contribution in [2.45, 2.75) is 12.3 Å². The highest BCUT2D eigenvalue weighted by Gasteiger charge is 2.24. The van der Waals surface area contributed by atoms with Gasteiger partial charge < -0.3 is 9.26 Å². The zero-order chi connectivity index (χ0) is 14.9. The fraction of sp³-hybridized carbons (Fsp3) is 0.267. The summed E-state index contributed by atoms with van der Waals surface area (Å²) in [4.78, 5) is 4.37. The Bertz CT molecular complexity index is 792. The number of halogens is 1. The molecule has 3 aromatic rings. The maximum Gasteiger partial charge on any atom is 0.275 e. The molecule has 2 aromatic heterocycles. The van der Waals surface area contributed by atoms with Crippen molar-refractivity contribution in [3.63, 3.8) is 0 Å². The van der Waals surface area contributed by atoms with Crippen LogP contribution in [-0.2, 0) is 4.74 Å². The van der Waals surface area contributed by atoms with Gasteiger partial charge in [0.1, 0.15) is 11.5 Å². The quantitative estimate of drug-likeness (QED) is 0.805. The van der Waals surface area contributed by atoms with Gasteiger partial charge in [-0.25, -0.2) is 4.39 Å². The molecule has 0 unspecified atom stereocenters. The molecule has 0 saturated carbocycles. The number of aromatic amines is 1. The molecule has 1 N–H and O–H groups in total. The summed E-state index contributed by atoms with van der Waals surface area (Å²) in [6.45, 7) is 1.33. The first-order valence-electron chi connectivity index (χ1n) is 7.03. The number of nitrogens with one attached hydrogen (secondary N) is 1. The lowest BCUT2D eigenvalue weighted by atomic mass is 10.1. The molecule has 0 bridgehead atoms. The number of nitrogens with zero attached hydrogens (tertiary/aromatic N) is 3. The lowest BCUT2D eigenvalue weighted by molar-refractivity contribution is 0.192. The van der Waals surface area contributed by atoms with Gasteiger partial charge in [-0.3, -0.25) is 5.10 Å². The van der Waals surface area contributed by atoms with Crippen molar-refractivity contribution in [2.75, 3.05) is 13.2 Å². The molecule has 0 spiro atoms. The van der Waals surface area contributed by atoms with E-state index in [-0.39, 0.29) is 11.7 Å². The lowest BCUT2D eigenvalue weighted by Crippen LogP contribution is -1.99. The molecule has 1 saturated heterocycles. The number of ether oxygens (including phenoxy) is 1. The van der Waals surface area contributed by atoms with Crippen LogP contribution in [0.5, 0.6) is 0 Å². The van der Waals surface area contributed by atoms with Crippen molar-refractivity contribution in [3.05, 3.63) is 42.0 Å². The fourth-order valence-corrected chi connectivity index (χ4v) is 2.49. The van der Waals surface area contributed by atoms with Crippen LogP contribution in [0.3, 0.4) is 0 Å². The van der Waals surface area contributed by atoms with E-state index in [0.29, 0.717) is 35.3 Å². The molecule has 6 nitrogen and oxygen atoms in total. The second-order valence-corrected chi connectivity index (χ2v) is 5.16. The highest BCUT2D eigenvalue weighted by molar-refractivity contribution is 5.64. The van der Waals surface area contributed by atoms with E-state index >= 15 is 0 Å². The SMILES string of the molecule is Fc1ccccc1-c1cc(-c2nc([C@H]3CCOC3)no2)[nH]n1. The van der Waals surface area contributed by atoms with Crippen LogP contribution < -0.4 is 0 Å². The summed E-state index contributed by atoms with van der Waals surface area (Å²) in [6.07, 6.45) is 0.891. The van der Waals surface area contributed by atoms with Gasteiger partial charge in [-0.15, -0.1) is 0 Å². The third kappa shape index (κ3) is 2.29. The number of benzene rings is 1. The molecule has 1 aliphatic heterocycles. The molecule has 4 rings (SSSR count). The molecule has 1 aliphatic rings. The molecule has 0 amide bonds. The molecule has 112 valence electrons. The Morgan fingerprint density at radius 1 is 1.27 bits per heavy atom. The van der Waals surface area contributed by atoms with Crippen molar-refractivity contribution >= 4 is 0 Å². The zero-order valence-electron chi connectivity index (χ0n) is 11.6. The Morgan fingerprint density at radius 3 is 3.00 bits per heavy atom. The second-order valence-electron chi connectivity index (χ2n) is 5.16. The van der Waals surface area contributed by atoms with E-state index in [0.717, 1.165) is 13.0 Å².